The topological polar surface area (TPSA) is 101 Å². The Labute approximate surface area is 177 Å². The van der Waals surface area contributed by atoms with Crippen LogP contribution in [0.5, 0.6) is 0 Å². The fourth-order valence-electron chi connectivity index (χ4n) is 3.30. The summed E-state index contributed by atoms with van der Waals surface area (Å²) in [7, 11) is 0. The van der Waals surface area contributed by atoms with Crippen LogP contribution >= 0.6 is 12.6 Å². The second kappa shape index (κ2) is 8.69. The third kappa shape index (κ3) is 4.39. The SMILES string of the molecule is O=C(ON1C(=O)CC(S)C1=O)C1CCC(CN2C(=O)C=CC2=O)CC1.[NaH]. The van der Waals surface area contributed by atoms with E-state index in [0.29, 0.717) is 37.3 Å². The summed E-state index contributed by atoms with van der Waals surface area (Å²) in [4.78, 5) is 64.9. The molecule has 136 valence electrons. The summed E-state index contributed by atoms with van der Waals surface area (Å²) in [6.07, 6.45) is 4.80. The third-order valence-electron chi connectivity index (χ3n) is 4.78. The van der Waals surface area contributed by atoms with Gasteiger partial charge in [-0.1, -0.05) is 0 Å². The Hall–Kier alpha value is -1.16. The summed E-state index contributed by atoms with van der Waals surface area (Å²) in [5.41, 5.74) is 0. The van der Waals surface area contributed by atoms with Gasteiger partial charge in [0.1, 0.15) is 0 Å². The number of nitrogens with zero attached hydrogens (tertiary/aromatic N) is 2. The van der Waals surface area contributed by atoms with Crippen molar-refractivity contribution in [1.82, 2.24) is 9.96 Å². The molecule has 0 bridgehead atoms. The molecule has 10 heteroatoms. The van der Waals surface area contributed by atoms with Crippen LogP contribution in [0.25, 0.3) is 0 Å². The number of hydrogen-bond donors (Lipinski definition) is 1. The van der Waals surface area contributed by atoms with Crippen LogP contribution in [-0.2, 0) is 28.8 Å². The van der Waals surface area contributed by atoms with Crippen LogP contribution < -0.4 is 0 Å². The average Bonchev–Trinajstić information content (AvgIpc) is 3.02. The second-order valence-electron chi connectivity index (χ2n) is 6.49. The molecule has 1 unspecified atom stereocenters. The summed E-state index contributed by atoms with van der Waals surface area (Å²) >= 11 is 3.97. The molecule has 2 fully saturated rings. The van der Waals surface area contributed by atoms with Gasteiger partial charge in [-0.2, -0.15) is 12.6 Å². The first-order valence-corrected chi connectivity index (χ1v) is 8.68. The molecule has 2 heterocycles. The second-order valence-corrected chi connectivity index (χ2v) is 7.12. The Morgan fingerprint density at radius 3 is 2.15 bits per heavy atom. The van der Waals surface area contributed by atoms with Crippen molar-refractivity contribution >= 4 is 71.8 Å². The predicted molar refractivity (Wildman–Crippen MR) is 93.8 cm³/mol. The standard InChI is InChI=1S/C16H18N2O6S.Na.H/c19-12-5-6-13(20)17(12)8-9-1-3-10(4-2-9)16(23)24-18-14(21)7-11(25)15(18)22;;/h5-6,9-11,25H,1-4,7-8H2;;. The summed E-state index contributed by atoms with van der Waals surface area (Å²) in [5.74, 6) is -2.66. The minimum absolute atomic E-state index is 0. The van der Waals surface area contributed by atoms with Crippen LogP contribution in [0.1, 0.15) is 32.1 Å². The van der Waals surface area contributed by atoms with Crippen LogP contribution in [0.2, 0.25) is 0 Å². The maximum atomic E-state index is 12.2. The molecule has 0 radical (unpaired) electrons. The molecule has 1 aliphatic carbocycles. The van der Waals surface area contributed by atoms with Gasteiger partial charge in [0, 0.05) is 18.7 Å². The van der Waals surface area contributed by atoms with Crippen LogP contribution in [0.4, 0.5) is 0 Å². The fraction of sp³-hybridized carbons (Fsp3) is 0.562. The van der Waals surface area contributed by atoms with Gasteiger partial charge < -0.3 is 4.84 Å². The summed E-state index contributed by atoms with van der Waals surface area (Å²) in [6.45, 7) is 0.344. The molecule has 0 aromatic carbocycles. The zero-order valence-corrected chi connectivity index (χ0v) is 14.3. The number of hydrogen-bond acceptors (Lipinski definition) is 7. The van der Waals surface area contributed by atoms with E-state index in [1.807, 2.05) is 0 Å². The molecule has 0 N–H and O–H groups in total. The number of imide groups is 2. The Balaban J connectivity index is 0.00000243. The normalized spacial score (nSPS) is 28.6. The molecular weight excluding hydrogens is 371 g/mol. The van der Waals surface area contributed by atoms with Crippen molar-refractivity contribution < 1.29 is 28.8 Å². The molecule has 1 saturated heterocycles. The van der Waals surface area contributed by atoms with Gasteiger partial charge in [0.15, 0.2) is 0 Å². The van der Waals surface area contributed by atoms with E-state index >= 15 is 0 Å². The Morgan fingerprint density at radius 2 is 1.65 bits per heavy atom. The van der Waals surface area contributed by atoms with Crippen molar-refractivity contribution in [2.75, 3.05) is 6.54 Å². The van der Waals surface area contributed by atoms with E-state index < -0.39 is 29.0 Å². The number of hydroxylamine groups is 2. The van der Waals surface area contributed by atoms with Crippen molar-refractivity contribution in [3.05, 3.63) is 12.2 Å². The molecule has 0 spiro atoms. The van der Waals surface area contributed by atoms with E-state index in [2.05, 4.69) is 12.6 Å². The van der Waals surface area contributed by atoms with E-state index in [9.17, 15) is 24.0 Å². The molecule has 8 nitrogen and oxygen atoms in total. The van der Waals surface area contributed by atoms with Crippen molar-refractivity contribution in [3.63, 3.8) is 0 Å². The minimum atomic E-state index is -0.764. The van der Waals surface area contributed by atoms with Gasteiger partial charge in [0.2, 0.25) is 0 Å². The first-order valence-electron chi connectivity index (χ1n) is 8.17. The van der Waals surface area contributed by atoms with Crippen LogP contribution in [0, 0.1) is 11.8 Å². The van der Waals surface area contributed by atoms with Crippen LogP contribution in [0.15, 0.2) is 12.2 Å². The van der Waals surface area contributed by atoms with Gasteiger partial charge >= 0.3 is 35.5 Å². The molecule has 26 heavy (non-hydrogen) atoms. The van der Waals surface area contributed by atoms with E-state index in [1.165, 1.54) is 17.1 Å². The number of carbonyl (C=O) groups excluding carboxylic acids is 5. The molecule has 3 rings (SSSR count). The Kier molecular flexibility index (Phi) is 7.06. The molecule has 4 amide bonds. The Bertz CT molecular complexity index is 656. The van der Waals surface area contributed by atoms with Gasteiger partial charge in [-0.05, 0) is 31.6 Å². The molecule has 1 atom stereocenters. The van der Waals surface area contributed by atoms with Gasteiger partial charge in [-0.25, -0.2) is 4.79 Å². The first-order chi connectivity index (χ1) is 11.9. The Morgan fingerprint density at radius 1 is 1.08 bits per heavy atom. The average molecular weight is 390 g/mol. The molecule has 2 aliphatic heterocycles. The fourth-order valence-corrected chi connectivity index (χ4v) is 3.57. The molecule has 1 saturated carbocycles. The predicted octanol–water partition coefficient (Wildman–Crippen LogP) is -0.415. The third-order valence-corrected chi connectivity index (χ3v) is 5.19. The van der Waals surface area contributed by atoms with Crippen molar-refractivity contribution in [2.24, 2.45) is 11.8 Å². The molecule has 0 aromatic heterocycles. The number of carbonyl (C=O) groups is 5. The van der Waals surface area contributed by atoms with Gasteiger partial charge in [0.25, 0.3) is 23.6 Å². The van der Waals surface area contributed by atoms with Crippen molar-refractivity contribution in [3.8, 4) is 0 Å². The van der Waals surface area contributed by atoms with Gasteiger partial charge in [-0.3, -0.25) is 24.1 Å². The van der Waals surface area contributed by atoms with E-state index in [0.717, 1.165) is 0 Å². The van der Waals surface area contributed by atoms with Crippen molar-refractivity contribution in [1.29, 1.82) is 0 Å². The van der Waals surface area contributed by atoms with E-state index in [1.54, 1.807) is 0 Å². The maximum absolute atomic E-state index is 12.2. The van der Waals surface area contributed by atoms with Gasteiger partial charge in [0.05, 0.1) is 17.6 Å². The number of amides is 4. The quantitative estimate of drug-likeness (QED) is 0.398. The van der Waals surface area contributed by atoms with Crippen molar-refractivity contribution in [2.45, 2.75) is 37.4 Å². The zero-order valence-electron chi connectivity index (χ0n) is 13.4. The van der Waals surface area contributed by atoms with Crippen LogP contribution in [0.3, 0.4) is 0 Å². The molecular formula is C16H19N2NaO6S. The summed E-state index contributed by atoms with van der Waals surface area (Å²) in [6, 6.07) is 0. The number of rotatable bonds is 4. The summed E-state index contributed by atoms with van der Waals surface area (Å²) < 4.78 is 0. The monoisotopic (exact) mass is 390 g/mol. The summed E-state index contributed by atoms with van der Waals surface area (Å²) in [5, 5.41) is -0.251. The molecule has 3 aliphatic rings. The first kappa shape index (κ1) is 21.1. The van der Waals surface area contributed by atoms with Crippen LogP contribution in [-0.4, -0.2) is 80.9 Å². The van der Waals surface area contributed by atoms with E-state index in [4.69, 9.17) is 4.84 Å². The zero-order chi connectivity index (χ0) is 18.1. The van der Waals surface area contributed by atoms with Gasteiger partial charge in [-0.15, -0.1) is 5.06 Å². The molecule has 0 aromatic rings. The van der Waals surface area contributed by atoms with E-state index in [-0.39, 0.29) is 53.7 Å². The number of thiol groups is 1.